The van der Waals surface area contributed by atoms with Crippen molar-refractivity contribution in [1.29, 1.82) is 0 Å². The summed E-state index contributed by atoms with van der Waals surface area (Å²) in [4.78, 5) is 22.8. The van der Waals surface area contributed by atoms with Gasteiger partial charge in [-0.05, 0) is 23.8 Å². The van der Waals surface area contributed by atoms with Crippen LogP contribution < -0.4 is 10.6 Å². The number of hydrogen-bond acceptors (Lipinski definition) is 6. The van der Waals surface area contributed by atoms with Crippen LogP contribution in [0.1, 0.15) is 38.1 Å². The number of para-hydroxylation sites is 1. The number of carbonyl (C=O) groups is 2. The molecule has 0 saturated carbocycles. The summed E-state index contributed by atoms with van der Waals surface area (Å²) in [5.41, 5.74) is 0.694. The van der Waals surface area contributed by atoms with E-state index < -0.39 is 24.0 Å². The second kappa shape index (κ2) is 11.6. The Kier molecular flexibility index (Phi) is 10.3. The molecule has 0 radical (unpaired) electrons. The standard InChI is InChI=1S/C18H20N2O6.2CH4/c21-12-7-5-11(6-8-12)15(17(23)24)19-9-10-20-16(18(25)26)13-3-1-2-4-14(13)22;;/h1-8,15-16,19-22H,9-10H2,(H,23,24)(H,25,26);2*1H4. The van der Waals surface area contributed by atoms with E-state index in [9.17, 15) is 30.0 Å². The molecular weight excluding hydrogens is 364 g/mol. The van der Waals surface area contributed by atoms with Gasteiger partial charge in [-0.25, -0.2) is 0 Å². The van der Waals surface area contributed by atoms with Crippen LogP contribution in [-0.4, -0.2) is 45.5 Å². The molecule has 2 atom stereocenters. The summed E-state index contributed by atoms with van der Waals surface area (Å²) in [6, 6.07) is 9.79. The molecule has 0 aliphatic carbocycles. The van der Waals surface area contributed by atoms with Crippen molar-refractivity contribution >= 4 is 11.9 Å². The van der Waals surface area contributed by atoms with Gasteiger partial charge in [0, 0.05) is 18.7 Å². The van der Waals surface area contributed by atoms with Crippen LogP contribution in [-0.2, 0) is 9.59 Å². The summed E-state index contributed by atoms with van der Waals surface area (Å²) in [6.45, 7) is 0.336. The lowest BCUT2D eigenvalue weighted by atomic mass is 10.1. The third-order valence-corrected chi connectivity index (χ3v) is 3.79. The van der Waals surface area contributed by atoms with Crippen LogP contribution in [0.4, 0.5) is 0 Å². The van der Waals surface area contributed by atoms with Gasteiger partial charge < -0.3 is 20.4 Å². The Bertz CT molecular complexity index is 764. The summed E-state index contributed by atoms with van der Waals surface area (Å²) in [5, 5.41) is 43.3. The highest BCUT2D eigenvalue weighted by atomic mass is 16.4. The van der Waals surface area contributed by atoms with Crippen LogP contribution >= 0.6 is 0 Å². The van der Waals surface area contributed by atoms with E-state index in [1.807, 2.05) is 0 Å². The summed E-state index contributed by atoms with van der Waals surface area (Å²) in [5.74, 6) is -2.34. The van der Waals surface area contributed by atoms with Crippen molar-refractivity contribution in [2.24, 2.45) is 0 Å². The molecule has 0 spiro atoms. The molecule has 8 heteroatoms. The fourth-order valence-corrected chi connectivity index (χ4v) is 2.51. The maximum Gasteiger partial charge on any atom is 0.325 e. The first-order chi connectivity index (χ1) is 12.4. The highest BCUT2D eigenvalue weighted by molar-refractivity contribution is 5.77. The molecule has 2 rings (SSSR count). The number of carboxylic acid groups (broad SMARTS) is 2. The number of carboxylic acids is 2. The van der Waals surface area contributed by atoms with Crippen molar-refractivity contribution in [3.8, 4) is 11.5 Å². The number of aliphatic carboxylic acids is 2. The molecule has 0 heterocycles. The second-order valence-corrected chi connectivity index (χ2v) is 5.60. The van der Waals surface area contributed by atoms with E-state index in [-0.39, 0.29) is 45.0 Å². The number of benzene rings is 2. The minimum absolute atomic E-state index is 0. The zero-order valence-corrected chi connectivity index (χ0v) is 13.8. The normalized spacial score (nSPS) is 12.1. The Morgan fingerprint density at radius 2 is 1.29 bits per heavy atom. The molecule has 0 amide bonds. The van der Waals surface area contributed by atoms with Gasteiger partial charge in [0.1, 0.15) is 23.6 Å². The van der Waals surface area contributed by atoms with Crippen molar-refractivity contribution in [2.75, 3.05) is 13.1 Å². The summed E-state index contributed by atoms with van der Waals surface area (Å²) < 4.78 is 0. The van der Waals surface area contributed by atoms with Crippen LogP contribution in [0.2, 0.25) is 0 Å². The van der Waals surface area contributed by atoms with Gasteiger partial charge in [-0.1, -0.05) is 45.2 Å². The van der Waals surface area contributed by atoms with Crippen LogP contribution in [0.15, 0.2) is 48.5 Å². The number of aromatic hydroxyl groups is 2. The highest BCUT2D eigenvalue weighted by Gasteiger charge is 2.23. The predicted molar refractivity (Wildman–Crippen MR) is 106 cm³/mol. The largest absolute Gasteiger partial charge is 0.508 e. The SMILES string of the molecule is C.C.O=C(O)C(NCCNC(C(=O)O)c1ccccc1O)c1ccc(O)cc1. The maximum absolute atomic E-state index is 11.4. The van der Waals surface area contributed by atoms with Gasteiger partial charge in [0.2, 0.25) is 0 Å². The molecule has 0 aromatic heterocycles. The second-order valence-electron chi connectivity index (χ2n) is 5.60. The molecule has 2 aromatic rings. The van der Waals surface area contributed by atoms with Crippen molar-refractivity contribution in [3.05, 3.63) is 59.7 Å². The van der Waals surface area contributed by atoms with Gasteiger partial charge in [-0.3, -0.25) is 20.2 Å². The summed E-state index contributed by atoms with van der Waals surface area (Å²) >= 11 is 0. The first-order valence-electron chi connectivity index (χ1n) is 7.89. The third-order valence-electron chi connectivity index (χ3n) is 3.79. The smallest absolute Gasteiger partial charge is 0.325 e. The number of rotatable bonds is 9. The lowest BCUT2D eigenvalue weighted by molar-refractivity contribution is -0.141. The molecule has 6 N–H and O–H groups in total. The number of phenols is 2. The molecule has 2 aromatic carbocycles. The lowest BCUT2D eigenvalue weighted by Crippen LogP contribution is -2.37. The zero-order chi connectivity index (χ0) is 19.1. The molecule has 8 nitrogen and oxygen atoms in total. The fraction of sp³-hybridized carbons (Fsp3) is 0.300. The Labute approximate surface area is 164 Å². The van der Waals surface area contributed by atoms with E-state index in [1.54, 1.807) is 12.1 Å². The van der Waals surface area contributed by atoms with Gasteiger partial charge >= 0.3 is 11.9 Å². The van der Waals surface area contributed by atoms with Gasteiger partial charge in [0.25, 0.3) is 0 Å². The summed E-state index contributed by atoms with van der Waals surface area (Å²) in [6.07, 6.45) is 0. The first-order valence-corrected chi connectivity index (χ1v) is 7.89. The fourth-order valence-electron chi connectivity index (χ4n) is 2.51. The average Bonchev–Trinajstić information content (AvgIpc) is 2.60. The number of nitrogens with one attached hydrogen (secondary N) is 2. The van der Waals surface area contributed by atoms with Crippen LogP contribution in [0.25, 0.3) is 0 Å². The van der Waals surface area contributed by atoms with Crippen LogP contribution in [0, 0.1) is 0 Å². The molecule has 0 aliphatic rings. The molecular formula is C20H28N2O6. The van der Waals surface area contributed by atoms with Crippen molar-refractivity contribution in [2.45, 2.75) is 26.9 Å². The number of phenolic OH excluding ortho intramolecular Hbond substituents is 2. The minimum Gasteiger partial charge on any atom is -0.508 e. The summed E-state index contributed by atoms with van der Waals surface area (Å²) in [7, 11) is 0. The zero-order valence-electron chi connectivity index (χ0n) is 13.8. The van der Waals surface area contributed by atoms with E-state index in [2.05, 4.69) is 10.6 Å². The maximum atomic E-state index is 11.4. The van der Waals surface area contributed by atoms with Gasteiger partial charge in [-0.2, -0.15) is 0 Å². The third kappa shape index (κ3) is 6.57. The molecule has 2 unspecified atom stereocenters. The van der Waals surface area contributed by atoms with Crippen molar-refractivity contribution in [1.82, 2.24) is 10.6 Å². The molecule has 28 heavy (non-hydrogen) atoms. The Morgan fingerprint density at radius 3 is 1.79 bits per heavy atom. The van der Waals surface area contributed by atoms with E-state index in [1.165, 1.54) is 36.4 Å². The average molecular weight is 392 g/mol. The van der Waals surface area contributed by atoms with Crippen molar-refractivity contribution in [3.63, 3.8) is 0 Å². The number of hydrogen-bond donors (Lipinski definition) is 6. The Morgan fingerprint density at radius 1 is 0.786 bits per heavy atom. The van der Waals surface area contributed by atoms with Gasteiger partial charge in [-0.15, -0.1) is 0 Å². The highest BCUT2D eigenvalue weighted by Crippen LogP contribution is 2.23. The molecule has 0 fully saturated rings. The topological polar surface area (TPSA) is 139 Å². The van der Waals surface area contributed by atoms with Crippen LogP contribution in [0.5, 0.6) is 11.5 Å². The Hall–Kier alpha value is -3.10. The quantitative estimate of drug-likeness (QED) is 0.358. The van der Waals surface area contributed by atoms with E-state index in [0.29, 0.717) is 5.56 Å². The molecule has 0 saturated heterocycles. The van der Waals surface area contributed by atoms with Crippen molar-refractivity contribution < 1.29 is 30.0 Å². The van der Waals surface area contributed by atoms with Gasteiger partial charge in [0.15, 0.2) is 0 Å². The minimum atomic E-state index is -1.15. The van der Waals surface area contributed by atoms with E-state index >= 15 is 0 Å². The van der Waals surface area contributed by atoms with Gasteiger partial charge in [0.05, 0.1) is 0 Å². The lowest BCUT2D eigenvalue weighted by Gasteiger charge is -2.18. The molecule has 0 bridgehead atoms. The first kappa shape index (κ1) is 24.9. The Balaban J connectivity index is 0.00000364. The molecule has 0 aliphatic heterocycles. The molecule has 154 valence electrons. The predicted octanol–water partition coefficient (Wildman–Crippen LogP) is 2.50. The van der Waals surface area contributed by atoms with Crippen LogP contribution in [0.3, 0.4) is 0 Å². The monoisotopic (exact) mass is 392 g/mol. The van der Waals surface area contributed by atoms with E-state index in [0.717, 1.165) is 0 Å². The van der Waals surface area contributed by atoms with E-state index in [4.69, 9.17) is 0 Å².